The smallest absolute Gasteiger partial charge is 0.250 e. The molecule has 4 rings (SSSR count). The van der Waals surface area contributed by atoms with Gasteiger partial charge in [0.2, 0.25) is 17.7 Å². The molecule has 2 heterocycles. The highest BCUT2D eigenvalue weighted by Gasteiger charge is 2.53. The fraction of sp³-hybridized carbons (Fsp3) is 0.429. The first-order chi connectivity index (χ1) is 17.8. The Balaban J connectivity index is 1.43. The number of likely N-dealkylation sites (tertiary alicyclic amines) is 1. The Morgan fingerprint density at radius 1 is 1.08 bits per heavy atom. The van der Waals surface area contributed by atoms with Gasteiger partial charge in [0.15, 0.2) is 0 Å². The number of primary amides is 1. The first-order valence-corrected chi connectivity index (χ1v) is 13.2. The number of rotatable bonds is 10. The van der Waals surface area contributed by atoms with Gasteiger partial charge in [-0.2, -0.15) is 0 Å². The third kappa shape index (κ3) is 6.25. The summed E-state index contributed by atoms with van der Waals surface area (Å²) in [7, 11) is 0. The van der Waals surface area contributed by atoms with E-state index in [-0.39, 0.29) is 24.3 Å². The Kier molecular flexibility index (Phi) is 8.71. The van der Waals surface area contributed by atoms with Crippen molar-refractivity contribution in [2.45, 2.75) is 31.7 Å². The number of carbonyl (C=O) groups is 3. The monoisotopic (exact) mass is 524 g/mol. The van der Waals surface area contributed by atoms with Crippen molar-refractivity contribution >= 4 is 35.0 Å². The van der Waals surface area contributed by atoms with Crippen LogP contribution in [0.3, 0.4) is 0 Å². The van der Waals surface area contributed by atoms with E-state index >= 15 is 0 Å². The second-order valence-corrected chi connectivity index (χ2v) is 10.1. The number of amides is 3. The van der Waals surface area contributed by atoms with Crippen LogP contribution in [0.4, 0.5) is 5.69 Å². The number of hydrogen-bond acceptors (Lipinski definition) is 5. The summed E-state index contributed by atoms with van der Waals surface area (Å²) >= 11 is 5.95. The molecule has 1 spiro atoms. The lowest BCUT2D eigenvalue weighted by Crippen LogP contribution is -2.57. The summed E-state index contributed by atoms with van der Waals surface area (Å²) in [5.41, 5.74) is 6.72. The molecule has 2 aromatic rings. The molecule has 2 aliphatic heterocycles. The minimum Gasteiger partial charge on any atom is -0.369 e. The molecule has 2 saturated heterocycles. The van der Waals surface area contributed by atoms with Crippen LogP contribution < -0.4 is 10.6 Å². The average molecular weight is 525 g/mol. The van der Waals surface area contributed by atoms with Crippen molar-refractivity contribution in [3.05, 3.63) is 71.6 Å². The highest BCUT2D eigenvalue weighted by molar-refractivity contribution is 6.30. The molecular weight excluding hydrogens is 490 g/mol. The zero-order chi connectivity index (χ0) is 26.4. The topological polar surface area (TPSA) is 90.2 Å². The van der Waals surface area contributed by atoms with E-state index in [1.165, 1.54) is 0 Å². The first-order valence-electron chi connectivity index (χ1n) is 12.8. The minimum absolute atomic E-state index is 0.0107. The molecule has 2 aromatic carbocycles. The van der Waals surface area contributed by atoms with Crippen LogP contribution >= 0.6 is 11.6 Å². The molecule has 2 aliphatic rings. The van der Waals surface area contributed by atoms with Crippen LogP contribution in [0.25, 0.3) is 0 Å². The van der Waals surface area contributed by atoms with E-state index in [0.29, 0.717) is 63.7 Å². The zero-order valence-corrected chi connectivity index (χ0v) is 22.1. The number of nitrogens with two attached hydrogens (primary N) is 1. The Morgan fingerprint density at radius 2 is 1.76 bits per heavy atom. The highest BCUT2D eigenvalue weighted by atomic mass is 35.5. The largest absolute Gasteiger partial charge is 0.369 e. The SMILES string of the molecule is CCN(CCN1CN(c2ccccc2)C2(CCN(C(=O)[CH]Cc3ccc(Cl)cc3)CC2)C1=O)CC(N)=O. The summed E-state index contributed by atoms with van der Waals surface area (Å²) in [4.78, 5) is 46.0. The number of nitrogens with zero attached hydrogens (tertiary/aromatic N) is 4. The van der Waals surface area contributed by atoms with E-state index < -0.39 is 5.54 Å². The number of carbonyl (C=O) groups excluding carboxylic acids is 3. The zero-order valence-electron chi connectivity index (χ0n) is 21.3. The molecule has 0 saturated carbocycles. The second kappa shape index (κ2) is 12.0. The van der Waals surface area contributed by atoms with E-state index in [2.05, 4.69) is 4.90 Å². The predicted molar refractivity (Wildman–Crippen MR) is 145 cm³/mol. The van der Waals surface area contributed by atoms with E-state index in [0.717, 1.165) is 11.3 Å². The van der Waals surface area contributed by atoms with Crippen LogP contribution in [0.1, 0.15) is 25.3 Å². The van der Waals surface area contributed by atoms with E-state index in [4.69, 9.17) is 17.3 Å². The molecule has 2 N–H and O–H groups in total. The van der Waals surface area contributed by atoms with Crippen molar-refractivity contribution in [1.29, 1.82) is 0 Å². The molecule has 8 nitrogen and oxygen atoms in total. The molecule has 9 heteroatoms. The maximum Gasteiger partial charge on any atom is 0.250 e. The van der Waals surface area contributed by atoms with Crippen molar-refractivity contribution in [1.82, 2.24) is 14.7 Å². The molecule has 2 fully saturated rings. The van der Waals surface area contributed by atoms with Crippen molar-refractivity contribution in [3.8, 4) is 0 Å². The van der Waals surface area contributed by atoms with Gasteiger partial charge in [0.1, 0.15) is 5.54 Å². The molecule has 0 bridgehead atoms. The number of likely N-dealkylation sites (N-methyl/N-ethyl adjacent to an activating group) is 1. The van der Waals surface area contributed by atoms with Crippen molar-refractivity contribution in [3.63, 3.8) is 0 Å². The molecule has 0 aromatic heterocycles. The number of hydrogen-bond donors (Lipinski definition) is 1. The van der Waals surface area contributed by atoms with E-state index in [1.54, 1.807) is 6.42 Å². The fourth-order valence-electron chi connectivity index (χ4n) is 5.26. The molecular formula is C28H35ClN5O3. The van der Waals surface area contributed by atoms with Crippen molar-refractivity contribution < 1.29 is 14.4 Å². The van der Waals surface area contributed by atoms with Gasteiger partial charge in [-0.3, -0.25) is 19.3 Å². The summed E-state index contributed by atoms with van der Waals surface area (Å²) in [5.74, 6) is -0.297. The lowest BCUT2D eigenvalue weighted by Gasteiger charge is -2.43. The third-order valence-corrected chi connectivity index (χ3v) is 7.67. The van der Waals surface area contributed by atoms with Crippen LogP contribution in [0.5, 0.6) is 0 Å². The highest BCUT2D eigenvalue weighted by Crippen LogP contribution is 2.39. The first kappa shape index (κ1) is 26.9. The van der Waals surface area contributed by atoms with Gasteiger partial charge in [0.05, 0.1) is 19.6 Å². The Bertz CT molecular complexity index is 1090. The van der Waals surface area contributed by atoms with Gasteiger partial charge in [-0.25, -0.2) is 0 Å². The second-order valence-electron chi connectivity index (χ2n) is 9.70. The van der Waals surface area contributed by atoms with E-state index in [9.17, 15) is 14.4 Å². The average Bonchev–Trinajstić information content (AvgIpc) is 3.17. The van der Waals surface area contributed by atoms with Gasteiger partial charge in [0.25, 0.3) is 0 Å². The fourth-order valence-corrected chi connectivity index (χ4v) is 5.38. The predicted octanol–water partition coefficient (Wildman–Crippen LogP) is 2.56. The maximum atomic E-state index is 13.9. The van der Waals surface area contributed by atoms with Crippen LogP contribution in [0.15, 0.2) is 54.6 Å². The molecule has 3 amide bonds. The summed E-state index contributed by atoms with van der Waals surface area (Å²) in [5, 5.41) is 0.671. The number of halogens is 1. The number of para-hydroxylation sites is 1. The molecule has 0 aliphatic carbocycles. The normalized spacial score (nSPS) is 17.2. The standard InChI is InChI=1S/C28H35ClN5O3/c1-2-31(20-25(30)35)18-19-33-21-34(24-6-4-3-5-7-24)28(27(33)37)14-16-32(17-15-28)26(36)13-10-22-8-11-23(29)12-9-22/h3-9,11-13H,2,10,14-21H2,1H3,(H2,30,35). The Hall–Kier alpha value is -3.10. The maximum absolute atomic E-state index is 13.9. The minimum atomic E-state index is -0.685. The molecule has 197 valence electrons. The van der Waals surface area contributed by atoms with Crippen LogP contribution in [0, 0.1) is 6.42 Å². The Labute approximate surface area is 223 Å². The van der Waals surface area contributed by atoms with Gasteiger partial charge in [-0.15, -0.1) is 0 Å². The van der Waals surface area contributed by atoms with Gasteiger partial charge in [-0.1, -0.05) is 48.9 Å². The van der Waals surface area contributed by atoms with Crippen LogP contribution in [-0.2, 0) is 20.8 Å². The lowest BCUT2D eigenvalue weighted by molar-refractivity contribution is -0.137. The molecule has 0 atom stereocenters. The molecule has 37 heavy (non-hydrogen) atoms. The van der Waals surface area contributed by atoms with E-state index in [1.807, 2.05) is 76.2 Å². The number of anilines is 1. The number of piperidine rings is 1. The third-order valence-electron chi connectivity index (χ3n) is 7.42. The molecule has 1 radical (unpaired) electrons. The Morgan fingerprint density at radius 3 is 2.38 bits per heavy atom. The summed E-state index contributed by atoms with van der Waals surface area (Å²) < 4.78 is 0. The van der Waals surface area contributed by atoms with Gasteiger partial charge in [0, 0.05) is 36.9 Å². The van der Waals surface area contributed by atoms with Crippen molar-refractivity contribution in [2.75, 3.05) is 50.8 Å². The number of benzene rings is 2. The summed E-state index contributed by atoms with van der Waals surface area (Å²) in [6, 6.07) is 17.5. The quantitative estimate of drug-likeness (QED) is 0.516. The van der Waals surface area contributed by atoms with Crippen molar-refractivity contribution in [2.24, 2.45) is 5.73 Å². The van der Waals surface area contributed by atoms with Gasteiger partial charge >= 0.3 is 0 Å². The lowest BCUT2D eigenvalue weighted by atomic mass is 9.85. The van der Waals surface area contributed by atoms with Gasteiger partial charge in [-0.05, 0) is 55.6 Å². The molecule has 0 unspecified atom stereocenters. The van der Waals surface area contributed by atoms with Gasteiger partial charge < -0.3 is 20.4 Å². The summed E-state index contributed by atoms with van der Waals surface area (Å²) in [6.07, 6.45) is 3.38. The van der Waals surface area contributed by atoms with Crippen LogP contribution in [-0.4, -0.2) is 83.9 Å². The summed E-state index contributed by atoms with van der Waals surface area (Å²) in [6.45, 7) is 5.44. The van der Waals surface area contributed by atoms with Crippen LogP contribution in [0.2, 0.25) is 5.02 Å².